The van der Waals surface area contributed by atoms with Crippen LogP contribution in [0.4, 0.5) is 0 Å². The summed E-state index contributed by atoms with van der Waals surface area (Å²) in [5.41, 5.74) is 1.01. The van der Waals surface area contributed by atoms with Gasteiger partial charge in [-0.05, 0) is 49.8 Å². The molecule has 0 saturated heterocycles. The van der Waals surface area contributed by atoms with Crippen molar-refractivity contribution in [2.24, 2.45) is 0 Å². The van der Waals surface area contributed by atoms with Gasteiger partial charge in [-0.15, -0.1) is 0 Å². The summed E-state index contributed by atoms with van der Waals surface area (Å²) >= 11 is 0. The zero-order valence-corrected chi connectivity index (χ0v) is 18.6. The number of hydrogen-bond donors (Lipinski definition) is 1. The van der Waals surface area contributed by atoms with Crippen molar-refractivity contribution in [2.75, 3.05) is 33.3 Å². The van der Waals surface area contributed by atoms with E-state index in [0.29, 0.717) is 34.3 Å². The maximum Gasteiger partial charge on any atom is 0.262 e. The second kappa shape index (κ2) is 10.8. The molecule has 1 amide bonds. The van der Waals surface area contributed by atoms with Crippen molar-refractivity contribution in [3.05, 3.63) is 70.6 Å². The van der Waals surface area contributed by atoms with Crippen LogP contribution in [0.5, 0.6) is 5.75 Å². The van der Waals surface area contributed by atoms with E-state index in [-0.39, 0.29) is 11.5 Å². The number of fused-ring (bicyclic) bond motifs is 1. The lowest BCUT2D eigenvalue weighted by Gasteiger charge is -2.20. The van der Waals surface area contributed by atoms with E-state index in [0.717, 1.165) is 32.5 Å². The first kappa shape index (κ1) is 22.6. The molecule has 0 aliphatic rings. The SMILES string of the molecule is CCCCN(CC)CCNC(=O)c1cn(-c2ccc(OC)cc2)c(=O)c2ccccc12. The minimum absolute atomic E-state index is 0.158. The van der Waals surface area contributed by atoms with Gasteiger partial charge in [0.2, 0.25) is 0 Å². The molecule has 1 heterocycles. The Morgan fingerprint density at radius 1 is 1.03 bits per heavy atom. The van der Waals surface area contributed by atoms with Crippen LogP contribution in [0.15, 0.2) is 59.5 Å². The molecule has 0 saturated carbocycles. The summed E-state index contributed by atoms with van der Waals surface area (Å²) in [6.45, 7) is 7.67. The predicted octanol–water partition coefficient (Wildman–Crippen LogP) is 3.85. The number of methoxy groups -OCH3 is 1. The first-order valence-corrected chi connectivity index (χ1v) is 10.9. The molecule has 1 aromatic heterocycles. The summed E-state index contributed by atoms with van der Waals surface area (Å²) in [6.07, 6.45) is 3.94. The van der Waals surface area contributed by atoms with Gasteiger partial charge in [-0.2, -0.15) is 0 Å². The number of unbranched alkanes of at least 4 members (excludes halogenated alkanes) is 1. The van der Waals surface area contributed by atoms with Crippen molar-refractivity contribution < 1.29 is 9.53 Å². The quantitative estimate of drug-likeness (QED) is 0.540. The largest absolute Gasteiger partial charge is 0.497 e. The zero-order chi connectivity index (χ0) is 22.2. The number of carbonyl (C=O) groups is 1. The fourth-order valence-corrected chi connectivity index (χ4v) is 3.64. The van der Waals surface area contributed by atoms with Crippen molar-refractivity contribution in [3.8, 4) is 11.4 Å². The highest BCUT2D eigenvalue weighted by atomic mass is 16.5. The molecule has 6 nitrogen and oxygen atoms in total. The molecule has 6 heteroatoms. The van der Waals surface area contributed by atoms with Crippen molar-refractivity contribution in [2.45, 2.75) is 26.7 Å². The zero-order valence-electron chi connectivity index (χ0n) is 18.6. The Labute approximate surface area is 183 Å². The maximum absolute atomic E-state index is 13.1. The number of hydrogen-bond acceptors (Lipinski definition) is 4. The average molecular weight is 422 g/mol. The van der Waals surface area contributed by atoms with E-state index in [1.165, 1.54) is 4.57 Å². The smallest absolute Gasteiger partial charge is 0.262 e. The standard InChI is InChI=1S/C25H31N3O3/c1-4-6-16-27(5-2)17-15-26-24(29)23-18-28(19-11-13-20(31-3)14-12-19)25(30)22-10-8-7-9-21(22)23/h7-14,18H,4-6,15-17H2,1-3H3,(H,26,29). The lowest BCUT2D eigenvalue weighted by Crippen LogP contribution is -2.36. The first-order chi connectivity index (χ1) is 15.1. The van der Waals surface area contributed by atoms with Crippen LogP contribution < -0.4 is 15.6 Å². The van der Waals surface area contributed by atoms with Gasteiger partial charge in [0.05, 0.1) is 12.7 Å². The van der Waals surface area contributed by atoms with Crippen LogP contribution in [-0.2, 0) is 0 Å². The number of ether oxygens (including phenoxy) is 1. The van der Waals surface area contributed by atoms with Gasteiger partial charge < -0.3 is 15.0 Å². The van der Waals surface area contributed by atoms with Crippen LogP contribution in [-0.4, -0.2) is 48.7 Å². The molecule has 3 rings (SSSR count). The lowest BCUT2D eigenvalue weighted by molar-refractivity contribution is 0.0949. The van der Waals surface area contributed by atoms with Gasteiger partial charge in [-0.25, -0.2) is 0 Å². The molecular formula is C25H31N3O3. The Bertz CT molecular complexity index is 1070. The van der Waals surface area contributed by atoms with Crippen molar-refractivity contribution in [1.29, 1.82) is 0 Å². The van der Waals surface area contributed by atoms with Gasteiger partial charge in [-0.3, -0.25) is 14.2 Å². The number of likely N-dealkylation sites (N-methyl/N-ethyl adjacent to an activating group) is 1. The molecule has 164 valence electrons. The lowest BCUT2D eigenvalue weighted by atomic mass is 10.1. The second-order valence-electron chi connectivity index (χ2n) is 7.51. The molecule has 0 spiro atoms. The number of pyridine rings is 1. The van der Waals surface area contributed by atoms with Gasteiger partial charge in [0.15, 0.2) is 0 Å². The highest BCUT2D eigenvalue weighted by Gasteiger charge is 2.15. The van der Waals surface area contributed by atoms with Gasteiger partial charge in [-0.1, -0.05) is 38.5 Å². The third-order valence-electron chi connectivity index (χ3n) is 5.51. The van der Waals surface area contributed by atoms with E-state index in [9.17, 15) is 9.59 Å². The maximum atomic E-state index is 13.1. The normalized spacial score (nSPS) is 11.1. The number of aromatic nitrogens is 1. The minimum Gasteiger partial charge on any atom is -0.497 e. The van der Waals surface area contributed by atoms with E-state index in [1.54, 1.807) is 31.5 Å². The topological polar surface area (TPSA) is 63.6 Å². The van der Waals surface area contributed by atoms with Crippen LogP contribution in [0.2, 0.25) is 0 Å². The van der Waals surface area contributed by atoms with Crippen molar-refractivity contribution in [1.82, 2.24) is 14.8 Å². The number of nitrogens with zero attached hydrogens (tertiary/aromatic N) is 2. The van der Waals surface area contributed by atoms with E-state index >= 15 is 0 Å². The molecule has 0 atom stereocenters. The minimum atomic E-state index is -0.176. The summed E-state index contributed by atoms with van der Waals surface area (Å²) < 4.78 is 6.73. The summed E-state index contributed by atoms with van der Waals surface area (Å²) in [5.74, 6) is 0.532. The van der Waals surface area contributed by atoms with Gasteiger partial charge in [0.25, 0.3) is 11.5 Å². The van der Waals surface area contributed by atoms with Crippen LogP contribution in [0, 0.1) is 0 Å². The molecule has 2 aromatic carbocycles. The van der Waals surface area contributed by atoms with Crippen LogP contribution in [0.25, 0.3) is 16.5 Å². The van der Waals surface area contributed by atoms with Gasteiger partial charge in [0.1, 0.15) is 5.75 Å². The Kier molecular flexibility index (Phi) is 7.84. The second-order valence-corrected chi connectivity index (χ2v) is 7.51. The van der Waals surface area contributed by atoms with E-state index in [1.807, 2.05) is 30.3 Å². The molecule has 0 fully saturated rings. The van der Waals surface area contributed by atoms with E-state index < -0.39 is 0 Å². The Hall–Kier alpha value is -3.12. The molecule has 1 N–H and O–H groups in total. The fourth-order valence-electron chi connectivity index (χ4n) is 3.64. The predicted molar refractivity (Wildman–Crippen MR) is 125 cm³/mol. The number of benzene rings is 2. The van der Waals surface area contributed by atoms with Gasteiger partial charge in [0, 0.05) is 35.7 Å². The van der Waals surface area contributed by atoms with Crippen molar-refractivity contribution >= 4 is 16.7 Å². The Morgan fingerprint density at radius 2 is 1.74 bits per heavy atom. The summed E-state index contributed by atoms with van der Waals surface area (Å²) in [4.78, 5) is 28.5. The highest BCUT2D eigenvalue weighted by Crippen LogP contribution is 2.19. The fraction of sp³-hybridized carbons (Fsp3) is 0.360. The van der Waals surface area contributed by atoms with E-state index in [2.05, 4.69) is 24.1 Å². The summed E-state index contributed by atoms with van der Waals surface area (Å²) in [6, 6.07) is 14.5. The number of nitrogens with one attached hydrogen (secondary N) is 1. The summed E-state index contributed by atoms with van der Waals surface area (Å²) in [5, 5.41) is 4.21. The molecule has 0 aliphatic carbocycles. The third-order valence-corrected chi connectivity index (χ3v) is 5.51. The molecule has 3 aromatic rings. The van der Waals surface area contributed by atoms with Crippen LogP contribution >= 0.6 is 0 Å². The average Bonchev–Trinajstić information content (AvgIpc) is 2.81. The molecule has 0 aliphatic heterocycles. The number of rotatable bonds is 10. The monoisotopic (exact) mass is 421 g/mol. The van der Waals surface area contributed by atoms with Crippen LogP contribution in [0.1, 0.15) is 37.0 Å². The van der Waals surface area contributed by atoms with Gasteiger partial charge >= 0.3 is 0 Å². The highest BCUT2D eigenvalue weighted by molar-refractivity contribution is 6.06. The number of carbonyl (C=O) groups excluding carboxylic acids is 1. The Morgan fingerprint density at radius 3 is 2.39 bits per heavy atom. The van der Waals surface area contributed by atoms with Crippen molar-refractivity contribution in [3.63, 3.8) is 0 Å². The molecule has 0 radical (unpaired) electrons. The molecule has 0 bridgehead atoms. The molecule has 0 unspecified atom stereocenters. The summed E-state index contributed by atoms with van der Waals surface area (Å²) in [7, 11) is 1.60. The molecule has 31 heavy (non-hydrogen) atoms. The van der Waals surface area contributed by atoms with E-state index in [4.69, 9.17) is 4.74 Å². The number of amides is 1. The molecular weight excluding hydrogens is 390 g/mol. The van der Waals surface area contributed by atoms with Crippen LogP contribution in [0.3, 0.4) is 0 Å². The Balaban J connectivity index is 1.89. The first-order valence-electron chi connectivity index (χ1n) is 10.9. The third kappa shape index (κ3) is 5.33.